The van der Waals surface area contributed by atoms with Gasteiger partial charge >= 0.3 is 0 Å². The Morgan fingerprint density at radius 2 is 2.25 bits per heavy atom. The van der Waals surface area contributed by atoms with E-state index < -0.39 is 15.8 Å². The van der Waals surface area contributed by atoms with Gasteiger partial charge in [-0.2, -0.15) is 4.31 Å². The largest absolute Gasteiger partial charge is 0.392 e. The molecule has 5 nitrogen and oxygen atoms in total. The highest BCUT2D eigenvalue weighted by molar-refractivity contribution is 7.89. The minimum absolute atomic E-state index is 0.0374. The molecule has 0 saturated heterocycles. The lowest BCUT2D eigenvalue weighted by Crippen LogP contribution is -2.34. The second-order valence-corrected chi connectivity index (χ2v) is 5.64. The molecule has 0 bridgehead atoms. The lowest BCUT2D eigenvalue weighted by molar-refractivity contribution is 0.504. The number of sulfonamides is 1. The molecule has 0 amide bonds. The summed E-state index contributed by atoms with van der Waals surface area (Å²) in [5.74, 6) is -0.718. The molecule has 8 heteroatoms. The third-order valence-electron chi connectivity index (χ3n) is 1.77. The molecule has 1 aromatic rings. The van der Waals surface area contributed by atoms with Crippen molar-refractivity contribution in [3.63, 3.8) is 0 Å². The van der Waals surface area contributed by atoms with E-state index in [1.54, 1.807) is 0 Å². The number of hydrogen-bond acceptors (Lipinski definition) is 4. The molecule has 88 valence electrons. The number of rotatable bonds is 4. The summed E-state index contributed by atoms with van der Waals surface area (Å²) in [6, 6.07) is 0.887. The maximum absolute atomic E-state index is 12.8. The molecular formula is C8H10FN3O2S2. The Morgan fingerprint density at radius 3 is 2.75 bits per heavy atom. The van der Waals surface area contributed by atoms with Crippen LogP contribution < -0.4 is 5.73 Å². The number of nitrogens with zero attached hydrogens (tertiary/aromatic N) is 2. The van der Waals surface area contributed by atoms with Gasteiger partial charge in [0.25, 0.3) is 0 Å². The molecule has 0 fully saturated rings. The van der Waals surface area contributed by atoms with Crippen molar-refractivity contribution < 1.29 is 12.8 Å². The van der Waals surface area contributed by atoms with Gasteiger partial charge in [0.05, 0.1) is 17.7 Å². The fourth-order valence-electron chi connectivity index (χ4n) is 1.02. The Balaban J connectivity index is 3.07. The fraction of sp³-hybridized carbons (Fsp3) is 0.250. The Hall–Kier alpha value is -1.12. The van der Waals surface area contributed by atoms with Crippen LogP contribution in [0.3, 0.4) is 0 Å². The number of hydrogen-bond donors (Lipinski definition) is 1. The van der Waals surface area contributed by atoms with Crippen LogP contribution in [-0.2, 0) is 10.0 Å². The van der Waals surface area contributed by atoms with E-state index in [9.17, 15) is 12.8 Å². The minimum atomic E-state index is -3.79. The van der Waals surface area contributed by atoms with Gasteiger partial charge in [-0.05, 0) is 6.07 Å². The quantitative estimate of drug-likeness (QED) is 0.781. The van der Waals surface area contributed by atoms with Crippen LogP contribution in [0.25, 0.3) is 0 Å². The molecule has 0 aliphatic rings. The molecular weight excluding hydrogens is 253 g/mol. The first kappa shape index (κ1) is 12.9. The van der Waals surface area contributed by atoms with E-state index in [1.165, 1.54) is 7.05 Å². The molecule has 16 heavy (non-hydrogen) atoms. The number of halogens is 1. The Labute approximate surface area is 98.1 Å². The first-order valence-electron chi connectivity index (χ1n) is 4.19. The molecule has 0 aliphatic heterocycles. The number of nitrogens with two attached hydrogens (primary N) is 1. The molecule has 0 spiro atoms. The van der Waals surface area contributed by atoms with Crippen LogP contribution in [0.4, 0.5) is 4.39 Å². The van der Waals surface area contributed by atoms with Crippen molar-refractivity contribution in [3.05, 3.63) is 24.3 Å². The first-order chi connectivity index (χ1) is 7.34. The lowest BCUT2D eigenvalue weighted by Gasteiger charge is -2.15. The van der Waals surface area contributed by atoms with E-state index in [1.807, 2.05) is 0 Å². The van der Waals surface area contributed by atoms with Crippen LogP contribution in [0, 0.1) is 5.82 Å². The molecule has 1 rings (SSSR count). The van der Waals surface area contributed by atoms with Gasteiger partial charge in [0.2, 0.25) is 10.0 Å². The third-order valence-corrected chi connectivity index (χ3v) is 3.66. The monoisotopic (exact) mass is 263 g/mol. The zero-order valence-electron chi connectivity index (χ0n) is 8.42. The van der Waals surface area contributed by atoms with Crippen molar-refractivity contribution in [2.45, 2.75) is 4.90 Å². The van der Waals surface area contributed by atoms with Crippen molar-refractivity contribution in [2.24, 2.45) is 5.73 Å². The summed E-state index contributed by atoms with van der Waals surface area (Å²) < 4.78 is 37.4. The average molecular weight is 263 g/mol. The lowest BCUT2D eigenvalue weighted by atomic mass is 10.5. The van der Waals surface area contributed by atoms with E-state index in [4.69, 9.17) is 5.73 Å². The van der Waals surface area contributed by atoms with E-state index in [0.717, 1.165) is 22.8 Å². The van der Waals surface area contributed by atoms with Crippen LogP contribution in [0.1, 0.15) is 0 Å². The first-order valence-corrected chi connectivity index (χ1v) is 6.04. The predicted octanol–water partition coefficient (Wildman–Crippen LogP) is 0.127. The molecule has 1 aromatic heterocycles. The molecule has 0 atom stereocenters. The second kappa shape index (κ2) is 4.81. The van der Waals surface area contributed by atoms with Gasteiger partial charge in [-0.25, -0.2) is 12.8 Å². The van der Waals surface area contributed by atoms with Crippen molar-refractivity contribution in [3.8, 4) is 0 Å². The van der Waals surface area contributed by atoms with E-state index in [2.05, 4.69) is 17.2 Å². The predicted molar refractivity (Wildman–Crippen MR) is 60.8 cm³/mol. The fourth-order valence-corrected chi connectivity index (χ4v) is 2.42. The third kappa shape index (κ3) is 2.94. The van der Waals surface area contributed by atoms with Crippen LogP contribution in [0.15, 0.2) is 23.4 Å². The van der Waals surface area contributed by atoms with Gasteiger partial charge in [0, 0.05) is 13.2 Å². The number of likely N-dealkylation sites (N-methyl/N-ethyl adjacent to an activating group) is 1. The molecule has 0 aliphatic carbocycles. The maximum Gasteiger partial charge on any atom is 0.244 e. The molecule has 0 saturated carbocycles. The van der Waals surface area contributed by atoms with Gasteiger partial charge in [-0.15, -0.1) is 0 Å². The summed E-state index contributed by atoms with van der Waals surface area (Å²) in [6.07, 6.45) is 1.99. The maximum atomic E-state index is 12.8. The average Bonchev–Trinajstić information content (AvgIpc) is 2.16. The zero-order valence-corrected chi connectivity index (χ0v) is 10.1. The Morgan fingerprint density at radius 1 is 1.62 bits per heavy atom. The van der Waals surface area contributed by atoms with Crippen LogP contribution >= 0.6 is 12.2 Å². The van der Waals surface area contributed by atoms with Crippen molar-refractivity contribution in [1.29, 1.82) is 0 Å². The van der Waals surface area contributed by atoms with Crippen molar-refractivity contribution in [1.82, 2.24) is 9.29 Å². The summed E-state index contributed by atoms with van der Waals surface area (Å²) in [5.41, 5.74) is 5.23. The summed E-state index contributed by atoms with van der Waals surface area (Å²) >= 11 is 4.60. The Kier molecular flexibility index (Phi) is 3.89. The number of aromatic nitrogens is 1. The summed E-state index contributed by atoms with van der Waals surface area (Å²) in [6.45, 7) is -0.103. The van der Waals surface area contributed by atoms with Crippen molar-refractivity contribution in [2.75, 3.05) is 13.6 Å². The topological polar surface area (TPSA) is 76.3 Å². The molecule has 2 N–H and O–H groups in total. The van der Waals surface area contributed by atoms with E-state index >= 15 is 0 Å². The molecule has 0 radical (unpaired) electrons. The summed E-state index contributed by atoms with van der Waals surface area (Å²) in [5, 5.41) is 0. The highest BCUT2D eigenvalue weighted by Gasteiger charge is 2.21. The molecule has 1 heterocycles. The van der Waals surface area contributed by atoms with Gasteiger partial charge in [-0.1, -0.05) is 12.2 Å². The van der Waals surface area contributed by atoms with Crippen molar-refractivity contribution >= 4 is 27.2 Å². The Bertz CT molecular complexity index is 504. The minimum Gasteiger partial charge on any atom is -0.392 e. The molecule has 0 aromatic carbocycles. The standard InChI is InChI=1S/C8H10FN3O2S2/c1-12(5-8(10)15)16(13,14)7-2-6(9)3-11-4-7/h2-4H,5H2,1H3,(H2,10,15). The summed E-state index contributed by atoms with van der Waals surface area (Å²) in [7, 11) is -2.49. The van der Waals surface area contributed by atoms with E-state index in [0.29, 0.717) is 0 Å². The smallest absolute Gasteiger partial charge is 0.244 e. The van der Waals surface area contributed by atoms with Crippen LogP contribution in [0.5, 0.6) is 0 Å². The van der Waals surface area contributed by atoms with Gasteiger partial charge in [0.1, 0.15) is 10.7 Å². The van der Waals surface area contributed by atoms with E-state index in [-0.39, 0.29) is 16.4 Å². The summed E-state index contributed by atoms with van der Waals surface area (Å²) in [4.78, 5) is 3.27. The second-order valence-electron chi connectivity index (χ2n) is 3.07. The number of pyridine rings is 1. The number of thiocarbonyl (C=S) groups is 1. The SMILES string of the molecule is CN(CC(N)=S)S(=O)(=O)c1cncc(F)c1. The van der Waals surface area contributed by atoms with Crippen LogP contribution in [0.2, 0.25) is 0 Å². The highest BCUT2D eigenvalue weighted by Crippen LogP contribution is 2.13. The zero-order chi connectivity index (χ0) is 12.3. The normalized spacial score (nSPS) is 11.7. The molecule has 0 unspecified atom stereocenters. The van der Waals surface area contributed by atoms with Gasteiger partial charge in [-0.3, -0.25) is 4.98 Å². The van der Waals surface area contributed by atoms with Gasteiger partial charge in [0.15, 0.2) is 0 Å². The van der Waals surface area contributed by atoms with Crippen LogP contribution in [-0.4, -0.2) is 36.3 Å². The van der Waals surface area contributed by atoms with Gasteiger partial charge < -0.3 is 5.73 Å². The highest BCUT2D eigenvalue weighted by atomic mass is 32.2.